The molecule has 6 heteroatoms. The summed E-state index contributed by atoms with van der Waals surface area (Å²) < 4.78 is 0. The Hall–Kier alpha value is -1.69. The second-order valence-electron chi connectivity index (χ2n) is 4.01. The van der Waals surface area contributed by atoms with E-state index in [0.717, 1.165) is 12.8 Å². The fourth-order valence-corrected chi connectivity index (χ4v) is 2.10. The van der Waals surface area contributed by atoms with E-state index in [4.69, 9.17) is 5.11 Å². The fraction of sp³-hybridized carbons (Fsp3) is 0.583. The highest BCUT2D eigenvalue weighted by Gasteiger charge is 2.23. The first kappa shape index (κ1) is 14.4. The van der Waals surface area contributed by atoms with Crippen LogP contribution >= 0.6 is 0 Å². The van der Waals surface area contributed by atoms with Gasteiger partial charge >= 0.3 is 5.69 Å². The van der Waals surface area contributed by atoms with Gasteiger partial charge in [-0.05, 0) is 18.9 Å². The molecule has 0 fully saturated rings. The van der Waals surface area contributed by atoms with Gasteiger partial charge in [0.15, 0.2) is 0 Å². The largest absolute Gasteiger partial charge is 0.395 e. The number of hydrogen-bond donors (Lipinski definition) is 1. The molecular weight excluding hydrogens is 234 g/mol. The smallest absolute Gasteiger partial charge is 0.310 e. The summed E-state index contributed by atoms with van der Waals surface area (Å²) in [7, 11) is 0. The van der Waals surface area contributed by atoms with Crippen LogP contribution in [0.3, 0.4) is 0 Å². The van der Waals surface area contributed by atoms with E-state index in [2.05, 4.69) is 4.98 Å². The monoisotopic (exact) mass is 253 g/mol. The van der Waals surface area contributed by atoms with Crippen LogP contribution < -0.4 is 4.90 Å². The number of aromatic nitrogens is 1. The molecule has 0 aliphatic heterocycles. The average Bonchev–Trinajstić information content (AvgIpc) is 2.39. The minimum atomic E-state index is -0.435. The zero-order chi connectivity index (χ0) is 13.5. The lowest BCUT2D eigenvalue weighted by molar-refractivity contribution is -0.384. The molecule has 1 aromatic heterocycles. The number of pyridine rings is 1. The molecule has 0 radical (unpaired) electrons. The van der Waals surface area contributed by atoms with Gasteiger partial charge in [0.05, 0.1) is 11.5 Å². The summed E-state index contributed by atoms with van der Waals surface area (Å²) in [4.78, 5) is 16.2. The molecular formula is C12H19N3O3. The van der Waals surface area contributed by atoms with Gasteiger partial charge in [-0.3, -0.25) is 15.1 Å². The number of rotatable bonds is 7. The number of anilines is 1. The average molecular weight is 253 g/mol. The second-order valence-corrected chi connectivity index (χ2v) is 4.01. The molecule has 0 aliphatic rings. The normalized spacial score (nSPS) is 10.7. The third-order valence-corrected chi connectivity index (χ3v) is 3.01. The van der Waals surface area contributed by atoms with E-state index in [1.165, 1.54) is 12.4 Å². The first-order valence-corrected chi connectivity index (χ1v) is 6.11. The Morgan fingerprint density at radius 2 is 2.17 bits per heavy atom. The quantitative estimate of drug-likeness (QED) is 0.593. The van der Waals surface area contributed by atoms with Crippen molar-refractivity contribution in [1.82, 2.24) is 4.98 Å². The summed E-state index contributed by atoms with van der Waals surface area (Å²) in [5, 5.41) is 20.1. The topological polar surface area (TPSA) is 79.5 Å². The van der Waals surface area contributed by atoms with Gasteiger partial charge in [0.1, 0.15) is 11.9 Å². The lowest BCUT2D eigenvalue weighted by atomic mass is 10.1. The highest BCUT2D eigenvalue weighted by atomic mass is 16.6. The van der Waals surface area contributed by atoms with Crippen molar-refractivity contribution in [3.63, 3.8) is 0 Å². The summed E-state index contributed by atoms with van der Waals surface area (Å²) in [6.45, 7) is 4.42. The molecule has 1 aromatic rings. The van der Waals surface area contributed by atoms with Crippen LogP contribution in [0.2, 0.25) is 0 Å². The summed E-state index contributed by atoms with van der Waals surface area (Å²) >= 11 is 0. The van der Waals surface area contributed by atoms with Crippen LogP contribution in [0.15, 0.2) is 18.5 Å². The van der Waals surface area contributed by atoms with Gasteiger partial charge in [0.2, 0.25) is 0 Å². The maximum absolute atomic E-state index is 11.0. The molecule has 6 nitrogen and oxygen atoms in total. The molecule has 0 spiro atoms. The summed E-state index contributed by atoms with van der Waals surface area (Å²) in [6, 6.07) is 1.81. The number of aliphatic hydroxyl groups excluding tert-OH is 1. The molecule has 100 valence electrons. The first-order chi connectivity index (χ1) is 8.65. The summed E-state index contributed by atoms with van der Waals surface area (Å²) in [6.07, 6.45) is 4.53. The van der Waals surface area contributed by atoms with Crippen LogP contribution in [0.25, 0.3) is 0 Å². The van der Waals surface area contributed by atoms with Gasteiger partial charge in [0.25, 0.3) is 0 Å². The molecule has 0 saturated heterocycles. The molecule has 0 amide bonds. The molecule has 1 N–H and O–H groups in total. The number of aliphatic hydroxyl groups is 1. The Kier molecular flexibility index (Phi) is 5.51. The summed E-state index contributed by atoms with van der Waals surface area (Å²) in [5.41, 5.74) is 0.510. The van der Waals surface area contributed by atoms with Crippen molar-refractivity contribution in [1.29, 1.82) is 0 Å². The molecule has 0 saturated carbocycles. The molecule has 1 heterocycles. The van der Waals surface area contributed by atoms with Gasteiger partial charge in [-0.1, -0.05) is 13.8 Å². The second kappa shape index (κ2) is 6.90. The molecule has 0 bridgehead atoms. The van der Waals surface area contributed by atoms with Crippen molar-refractivity contribution in [2.45, 2.75) is 32.7 Å². The maximum Gasteiger partial charge on any atom is 0.310 e. The van der Waals surface area contributed by atoms with Gasteiger partial charge in [-0.15, -0.1) is 0 Å². The molecule has 0 aromatic carbocycles. The van der Waals surface area contributed by atoms with Crippen LogP contribution in [0, 0.1) is 10.1 Å². The molecule has 1 rings (SSSR count). The fourth-order valence-electron chi connectivity index (χ4n) is 2.10. The van der Waals surface area contributed by atoms with E-state index in [9.17, 15) is 10.1 Å². The van der Waals surface area contributed by atoms with Crippen LogP contribution in [0.1, 0.15) is 26.7 Å². The minimum absolute atomic E-state index is 0.0159. The van der Waals surface area contributed by atoms with Gasteiger partial charge in [0, 0.05) is 18.8 Å². The van der Waals surface area contributed by atoms with Crippen LogP contribution in [0.4, 0.5) is 11.4 Å². The minimum Gasteiger partial charge on any atom is -0.395 e. The van der Waals surface area contributed by atoms with Crippen molar-refractivity contribution in [2.24, 2.45) is 0 Å². The third-order valence-electron chi connectivity index (χ3n) is 3.01. The first-order valence-electron chi connectivity index (χ1n) is 6.11. The Balaban J connectivity index is 3.16. The predicted molar refractivity (Wildman–Crippen MR) is 69.7 cm³/mol. The Morgan fingerprint density at radius 3 is 2.67 bits per heavy atom. The standard InChI is InChI=1S/C12H19N3O3/c1-3-10(4-2)14(7-8-16)11-5-6-13-9-12(11)15(17)18/h5-6,9-10,16H,3-4,7-8H2,1-2H3. The van der Waals surface area contributed by atoms with Crippen molar-refractivity contribution in [2.75, 3.05) is 18.1 Å². The number of hydrogen-bond acceptors (Lipinski definition) is 5. The lowest BCUT2D eigenvalue weighted by Crippen LogP contribution is -2.37. The van der Waals surface area contributed by atoms with E-state index < -0.39 is 4.92 Å². The Bertz CT molecular complexity index is 394. The highest BCUT2D eigenvalue weighted by Crippen LogP contribution is 2.29. The van der Waals surface area contributed by atoms with E-state index in [-0.39, 0.29) is 18.3 Å². The number of nitrogens with zero attached hydrogens (tertiary/aromatic N) is 3. The molecule has 0 unspecified atom stereocenters. The van der Waals surface area contributed by atoms with Gasteiger partial charge < -0.3 is 10.0 Å². The lowest BCUT2D eigenvalue weighted by Gasteiger charge is -2.31. The predicted octanol–water partition coefficient (Wildman–Crippen LogP) is 1.98. The van der Waals surface area contributed by atoms with E-state index in [0.29, 0.717) is 12.2 Å². The zero-order valence-electron chi connectivity index (χ0n) is 10.7. The molecule has 0 atom stereocenters. The SMILES string of the molecule is CCC(CC)N(CCO)c1ccncc1[N+](=O)[O-]. The van der Waals surface area contributed by atoms with Crippen LogP contribution in [0.5, 0.6) is 0 Å². The van der Waals surface area contributed by atoms with Gasteiger partial charge in [-0.2, -0.15) is 0 Å². The molecule has 18 heavy (non-hydrogen) atoms. The van der Waals surface area contributed by atoms with Crippen molar-refractivity contribution in [3.05, 3.63) is 28.6 Å². The van der Waals surface area contributed by atoms with Crippen molar-refractivity contribution in [3.8, 4) is 0 Å². The highest BCUT2D eigenvalue weighted by molar-refractivity contribution is 5.62. The van der Waals surface area contributed by atoms with Gasteiger partial charge in [-0.25, -0.2) is 0 Å². The van der Waals surface area contributed by atoms with Crippen LogP contribution in [-0.4, -0.2) is 34.2 Å². The molecule has 0 aliphatic carbocycles. The Morgan fingerprint density at radius 1 is 1.50 bits per heavy atom. The van der Waals surface area contributed by atoms with Crippen molar-refractivity contribution >= 4 is 11.4 Å². The van der Waals surface area contributed by atoms with E-state index in [1.807, 2.05) is 18.7 Å². The zero-order valence-corrected chi connectivity index (χ0v) is 10.7. The van der Waals surface area contributed by atoms with E-state index in [1.54, 1.807) is 6.07 Å². The maximum atomic E-state index is 11.0. The van der Waals surface area contributed by atoms with E-state index >= 15 is 0 Å². The van der Waals surface area contributed by atoms with Crippen LogP contribution in [-0.2, 0) is 0 Å². The number of nitro groups is 1. The third kappa shape index (κ3) is 3.16. The summed E-state index contributed by atoms with van der Waals surface area (Å²) in [5.74, 6) is 0. The van der Waals surface area contributed by atoms with Crippen molar-refractivity contribution < 1.29 is 10.0 Å². The Labute approximate surface area is 106 Å².